The van der Waals surface area contributed by atoms with E-state index < -0.39 is 60.4 Å². The van der Waals surface area contributed by atoms with Gasteiger partial charge in [-0.15, -0.1) is 0 Å². The molecule has 0 aliphatic heterocycles. The first-order chi connectivity index (χ1) is 10.8. The summed E-state index contributed by atoms with van der Waals surface area (Å²) in [4.78, 5) is 20.5. The zero-order valence-corrected chi connectivity index (χ0v) is 11.9. The molecule has 0 aromatic heterocycles. The molecule has 0 rings (SSSR count). The van der Waals surface area contributed by atoms with Gasteiger partial charge in [0, 0.05) is 0 Å². The Balaban J connectivity index is 5.71. The summed E-state index contributed by atoms with van der Waals surface area (Å²) in [5.41, 5.74) is 0. The molecule has 0 saturated carbocycles. The van der Waals surface area contributed by atoms with E-state index in [0.717, 1.165) is 0 Å². The fraction of sp³-hybridized carbons (Fsp3) is 0.818. The van der Waals surface area contributed by atoms with Gasteiger partial charge in [0.25, 0.3) is 5.78 Å². The van der Waals surface area contributed by atoms with E-state index in [4.69, 9.17) is 5.11 Å². The van der Waals surface area contributed by atoms with E-state index in [2.05, 4.69) is 0 Å². The third-order valence-corrected chi connectivity index (χ3v) is 3.11. The Morgan fingerprint density at radius 3 is 1.60 bits per heavy atom. The lowest BCUT2D eigenvalue weighted by atomic mass is 9.91. The van der Waals surface area contributed by atoms with Crippen LogP contribution in [0.5, 0.6) is 0 Å². The quantitative estimate of drug-likeness (QED) is 0.500. The van der Waals surface area contributed by atoms with Crippen LogP contribution in [0.1, 0.15) is 13.3 Å². The van der Waals surface area contributed by atoms with E-state index in [-0.39, 0.29) is 6.92 Å². The highest BCUT2D eigenvalue weighted by Gasteiger charge is 2.78. The molecular weight excluding hydrogens is 389 g/mol. The second-order valence-electron chi connectivity index (χ2n) is 5.00. The van der Waals surface area contributed by atoms with E-state index in [1.165, 1.54) is 0 Å². The summed E-state index contributed by atoms with van der Waals surface area (Å²) in [5.74, 6) is -29.4. The summed E-state index contributed by atoms with van der Waals surface area (Å²) < 4.78 is 142. The second-order valence-corrected chi connectivity index (χ2v) is 5.00. The van der Waals surface area contributed by atoms with Crippen LogP contribution in [0, 0.1) is 5.92 Å². The van der Waals surface area contributed by atoms with Crippen molar-refractivity contribution >= 4 is 11.8 Å². The van der Waals surface area contributed by atoms with Crippen molar-refractivity contribution in [3.63, 3.8) is 0 Å². The maximum Gasteiger partial charge on any atom is 0.391 e. The fourth-order valence-corrected chi connectivity index (χ4v) is 1.44. The highest BCUT2D eigenvalue weighted by Crippen LogP contribution is 2.51. The zero-order valence-electron chi connectivity index (χ0n) is 11.9. The van der Waals surface area contributed by atoms with Crippen LogP contribution in [0.3, 0.4) is 0 Å². The molecule has 0 aliphatic rings. The second kappa shape index (κ2) is 6.94. The first kappa shape index (κ1) is 23.4. The van der Waals surface area contributed by atoms with Crippen molar-refractivity contribution in [2.45, 2.75) is 49.6 Å². The fourth-order valence-electron chi connectivity index (χ4n) is 1.44. The SMILES string of the molecule is CC(CC(F)C(F)(F)C(F)(F)C(F)(F)C(F)C(=O)C(=O)O)C(F)(F)F. The molecule has 3 nitrogen and oxygen atoms in total. The molecule has 0 radical (unpaired) electrons. The summed E-state index contributed by atoms with van der Waals surface area (Å²) >= 11 is 0. The van der Waals surface area contributed by atoms with Crippen LogP contribution in [0.2, 0.25) is 0 Å². The van der Waals surface area contributed by atoms with Gasteiger partial charge in [-0.1, -0.05) is 6.92 Å². The molecule has 0 aliphatic carbocycles. The third-order valence-electron chi connectivity index (χ3n) is 3.11. The Bertz CT molecular complexity index is 514. The highest BCUT2D eigenvalue weighted by atomic mass is 19.4. The maximum absolute atomic E-state index is 13.3. The topological polar surface area (TPSA) is 54.4 Å². The van der Waals surface area contributed by atoms with E-state index in [1.807, 2.05) is 0 Å². The number of hydrogen-bond donors (Lipinski definition) is 1. The van der Waals surface area contributed by atoms with Crippen molar-refractivity contribution in [1.82, 2.24) is 0 Å². The van der Waals surface area contributed by atoms with Crippen LogP contribution >= 0.6 is 0 Å². The smallest absolute Gasteiger partial charge is 0.391 e. The van der Waals surface area contributed by atoms with E-state index in [0.29, 0.717) is 0 Å². The summed E-state index contributed by atoms with van der Waals surface area (Å²) in [5, 5.41) is 7.95. The Hall–Kier alpha value is -1.63. The molecule has 0 fully saturated rings. The Labute approximate surface area is 131 Å². The molecule has 1 N–H and O–H groups in total. The molecule has 0 spiro atoms. The molecule has 0 bridgehead atoms. The van der Waals surface area contributed by atoms with Crippen LogP contribution in [0.4, 0.5) is 48.3 Å². The van der Waals surface area contributed by atoms with Crippen molar-refractivity contribution in [3.8, 4) is 0 Å². The number of hydrogen-bond acceptors (Lipinski definition) is 2. The lowest BCUT2D eigenvalue weighted by Gasteiger charge is -2.35. The molecule has 14 heteroatoms. The third kappa shape index (κ3) is 4.32. The molecule has 25 heavy (non-hydrogen) atoms. The molecular formula is C11H9F11O3. The number of carbonyl (C=O) groups excluding carboxylic acids is 1. The summed E-state index contributed by atoms with van der Waals surface area (Å²) in [6, 6.07) is 0. The number of aliphatic carboxylic acids is 1. The van der Waals surface area contributed by atoms with Crippen LogP contribution in [-0.2, 0) is 9.59 Å². The van der Waals surface area contributed by atoms with Gasteiger partial charge in [0.2, 0.25) is 6.17 Å². The van der Waals surface area contributed by atoms with Crippen molar-refractivity contribution in [2.24, 2.45) is 5.92 Å². The number of carboxylic acid groups (broad SMARTS) is 1. The minimum Gasteiger partial charge on any atom is -0.475 e. The van der Waals surface area contributed by atoms with Gasteiger partial charge in [-0.3, -0.25) is 4.79 Å². The molecule has 0 aromatic rings. The minimum atomic E-state index is -7.00. The average molecular weight is 398 g/mol. The standard InChI is InChI=1S/C11H9F11O3/c1-3(10(18,19)20)2-4(12)8(14,15)11(21,22)9(16,17)6(13)5(23)7(24)25/h3-4,6H,2H2,1H3,(H,24,25). The lowest BCUT2D eigenvalue weighted by Crippen LogP contribution is -2.63. The van der Waals surface area contributed by atoms with Gasteiger partial charge in [0.15, 0.2) is 6.17 Å². The van der Waals surface area contributed by atoms with Crippen LogP contribution in [0.25, 0.3) is 0 Å². The van der Waals surface area contributed by atoms with Crippen LogP contribution in [-0.4, -0.2) is 53.1 Å². The van der Waals surface area contributed by atoms with Crippen molar-refractivity contribution in [3.05, 3.63) is 0 Å². The molecule has 0 saturated heterocycles. The van der Waals surface area contributed by atoms with E-state index in [9.17, 15) is 57.9 Å². The lowest BCUT2D eigenvalue weighted by molar-refractivity contribution is -0.337. The van der Waals surface area contributed by atoms with E-state index in [1.54, 1.807) is 0 Å². The summed E-state index contributed by atoms with van der Waals surface area (Å²) in [6.45, 7) is 0.102. The molecule has 3 unspecified atom stereocenters. The van der Waals surface area contributed by atoms with Gasteiger partial charge in [-0.05, 0) is 6.42 Å². The van der Waals surface area contributed by atoms with Crippen molar-refractivity contribution in [1.29, 1.82) is 0 Å². The van der Waals surface area contributed by atoms with Gasteiger partial charge in [-0.25, -0.2) is 13.6 Å². The van der Waals surface area contributed by atoms with Crippen LogP contribution in [0.15, 0.2) is 0 Å². The van der Waals surface area contributed by atoms with Crippen molar-refractivity contribution < 1.29 is 63.0 Å². The monoisotopic (exact) mass is 398 g/mol. The number of rotatable bonds is 8. The molecule has 0 heterocycles. The highest BCUT2D eigenvalue weighted by molar-refractivity contribution is 6.34. The number of Topliss-reactive ketones (excluding diaryl/α,β-unsaturated/α-hetero) is 1. The van der Waals surface area contributed by atoms with Gasteiger partial charge in [-0.2, -0.15) is 39.5 Å². The zero-order chi connectivity index (χ0) is 20.6. The largest absolute Gasteiger partial charge is 0.475 e. The van der Waals surface area contributed by atoms with Gasteiger partial charge >= 0.3 is 29.9 Å². The Kier molecular flexibility index (Phi) is 6.49. The maximum atomic E-state index is 13.3. The normalized spacial score (nSPS) is 17.8. The van der Waals surface area contributed by atoms with Gasteiger partial charge in [0.1, 0.15) is 0 Å². The number of halogens is 11. The molecule has 148 valence electrons. The first-order valence-electron chi connectivity index (χ1n) is 6.07. The Morgan fingerprint density at radius 2 is 1.28 bits per heavy atom. The first-order valence-corrected chi connectivity index (χ1v) is 6.07. The van der Waals surface area contributed by atoms with Crippen molar-refractivity contribution in [2.75, 3.05) is 0 Å². The summed E-state index contributed by atoms with van der Waals surface area (Å²) in [7, 11) is 0. The predicted molar refractivity (Wildman–Crippen MR) is 57.1 cm³/mol. The number of alkyl halides is 11. The number of ketones is 1. The van der Waals surface area contributed by atoms with E-state index >= 15 is 0 Å². The van der Waals surface area contributed by atoms with Crippen LogP contribution < -0.4 is 0 Å². The molecule has 3 atom stereocenters. The summed E-state index contributed by atoms with van der Waals surface area (Å²) in [6.07, 6.45) is -17.2. The number of carboxylic acids is 1. The van der Waals surface area contributed by atoms with Gasteiger partial charge in [0.05, 0.1) is 5.92 Å². The van der Waals surface area contributed by atoms with Gasteiger partial charge < -0.3 is 5.11 Å². The predicted octanol–water partition coefficient (Wildman–Crippen LogP) is 3.81. The minimum absolute atomic E-state index is 0.102. The molecule has 0 amide bonds. The average Bonchev–Trinajstić information content (AvgIpc) is 2.43. The number of carbonyl (C=O) groups is 2. The molecule has 0 aromatic carbocycles. The Morgan fingerprint density at radius 1 is 0.880 bits per heavy atom.